The molecule has 0 unspecified atom stereocenters. The van der Waals surface area contributed by atoms with Gasteiger partial charge in [-0.15, -0.1) is 0 Å². The van der Waals surface area contributed by atoms with Crippen molar-refractivity contribution < 1.29 is 0 Å². The molecule has 0 spiro atoms. The van der Waals surface area contributed by atoms with E-state index in [1.165, 1.54) is 12.4 Å². The second-order valence-electron chi connectivity index (χ2n) is 3.72. The molecule has 0 bridgehead atoms. The Morgan fingerprint density at radius 1 is 1.28 bits per heavy atom. The Labute approximate surface area is 103 Å². The topological polar surface area (TPSA) is 93.3 Å². The summed E-state index contributed by atoms with van der Waals surface area (Å²) >= 11 is 0. The maximum atomic E-state index is 11.7. The molecule has 0 aliphatic rings. The van der Waals surface area contributed by atoms with Crippen molar-refractivity contribution in [2.24, 2.45) is 0 Å². The molecule has 0 aromatic carbocycles. The first-order chi connectivity index (χ1) is 8.67. The highest BCUT2D eigenvalue weighted by molar-refractivity contribution is 5.74. The second-order valence-corrected chi connectivity index (χ2v) is 3.72. The van der Waals surface area contributed by atoms with Gasteiger partial charge in [0.1, 0.15) is 17.7 Å². The van der Waals surface area contributed by atoms with Crippen molar-refractivity contribution in [2.45, 2.75) is 6.92 Å². The normalized spacial score (nSPS) is 9.50. The fraction of sp³-hybridized carbons (Fsp3) is 0.0769. The first-order valence-electron chi connectivity index (χ1n) is 5.16. The Morgan fingerprint density at radius 2 is 2.06 bits per heavy atom. The lowest BCUT2D eigenvalue weighted by atomic mass is 9.98. The third kappa shape index (κ3) is 1.85. The number of aromatic amines is 1. The van der Waals surface area contributed by atoms with E-state index >= 15 is 0 Å². The van der Waals surface area contributed by atoms with Gasteiger partial charge in [-0.3, -0.25) is 9.78 Å². The number of nitriles is 2. The molecule has 2 rings (SSSR count). The van der Waals surface area contributed by atoms with Crippen molar-refractivity contribution in [2.75, 3.05) is 0 Å². The maximum Gasteiger partial charge on any atom is 0.266 e. The van der Waals surface area contributed by atoms with Gasteiger partial charge in [0.15, 0.2) is 0 Å². The highest BCUT2D eigenvalue weighted by atomic mass is 16.1. The molecule has 0 amide bonds. The van der Waals surface area contributed by atoms with Crippen LogP contribution in [0, 0.1) is 29.6 Å². The van der Waals surface area contributed by atoms with E-state index < -0.39 is 5.56 Å². The van der Waals surface area contributed by atoms with Gasteiger partial charge in [-0.2, -0.15) is 10.5 Å². The maximum absolute atomic E-state index is 11.7. The van der Waals surface area contributed by atoms with Crippen LogP contribution >= 0.6 is 0 Å². The lowest BCUT2D eigenvalue weighted by Gasteiger charge is -2.06. The van der Waals surface area contributed by atoms with E-state index in [4.69, 9.17) is 10.5 Å². The highest BCUT2D eigenvalue weighted by Crippen LogP contribution is 2.24. The predicted molar refractivity (Wildman–Crippen MR) is 64.5 cm³/mol. The summed E-state index contributed by atoms with van der Waals surface area (Å²) < 4.78 is 0. The van der Waals surface area contributed by atoms with Crippen molar-refractivity contribution in [3.63, 3.8) is 0 Å². The van der Waals surface area contributed by atoms with Gasteiger partial charge in [-0.25, -0.2) is 0 Å². The summed E-state index contributed by atoms with van der Waals surface area (Å²) in [5.74, 6) is 0. The molecule has 2 aromatic rings. The molecule has 18 heavy (non-hydrogen) atoms. The molecular formula is C13H8N4O. The van der Waals surface area contributed by atoms with E-state index in [1.54, 1.807) is 19.1 Å². The molecule has 5 heteroatoms. The molecule has 0 saturated heterocycles. The van der Waals surface area contributed by atoms with Gasteiger partial charge >= 0.3 is 0 Å². The first-order valence-corrected chi connectivity index (χ1v) is 5.16. The molecular weight excluding hydrogens is 228 g/mol. The van der Waals surface area contributed by atoms with E-state index in [-0.39, 0.29) is 5.56 Å². The summed E-state index contributed by atoms with van der Waals surface area (Å²) in [5, 5.41) is 18.1. The number of aromatic nitrogens is 2. The van der Waals surface area contributed by atoms with E-state index in [1.807, 2.05) is 12.1 Å². The smallest absolute Gasteiger partial charge is 0.266 e. The summed E-state index contributed by atoms with van der Waals surface area (Å²) in [7, 11) is 0. The Balaban J connectivity index is 2.85. The average molecular weight is 236 g/mol. The summed E-state index contributed by atoms with van der Waals surface area (Å²) in [6, 6.07) is 7.16. The molecule has 5 nitrogen and oxygen atoms in total. The van der Waals surface area contributed by atoms with E-state index in [9.17, 15) is 4.79 Å². The van der Waals surface area contributed by atoms with Crippen LogP contribution in [0.4, 0.5) is 0 Å². The van der Waals surface area contributed by atoms with Crippen molar-refractivity contribution >= 4 is 0 Å². The van der Waals surface area contributed by atoms with Gasteiger partial charge in [0.25, 0.3) is 5.56 Å². The Bertz CT molecular complexity index is 747. The van der Waals surface area contributed by atoms with Gasteiger partial charge in [-0.05, 0) is 19.1 Å². The molecule has 0 aliphatic heterocycles. The molecule has 0 saturated carbocycles. The highest BCUT2D eigenvalue weighted by Gasteiger charge is 2.13. The van der Waals surface area contributed by atoms with Crippen molar-refractivity contribution in [3.8, 4) is 23.3 Å². The number of H-pyrrole nitrogens is 1. The van der Waals surface area contributed by atoms with Gasteiger partial charge in [0.2, 0.25) is 0 Å². The number of aryl methyl sites for hydroxylation is 1. The standard InChI is InChI=1S/C13H8N4O/c1-8-4-11(12(6-15)13(18)17-8)10-2-3-16-7-9(10)5-14/h2-4,7H,1H3,(H,17,18). The van der Waals surface area contributed by atoms with Crippen LogP contribution < -0.4 is 5.56 Å². The van der Waals surface area contributed by atoms with Crippen LogP contribution in [0.3, 0.4) is 0 Å². The summed E-state index contributed by atoms with van der Waals surface area (Å²) in [6.07, 6.45) is 2.93. The quantitative estimate of drug-likeness (QED) is 0.811. The largest absolute Gasteiger partial charge is 0.325 e. The number of pyridine rings is 2. The minimum atomic E-state index is -0.451. The summed E-state index contributed by atoms with van der Waals surface area (Å²) in [4.78, 5) is 18.1. The number of nitrogens with zero attached hydrogens (tertiary/aromatic N) is 3. The van der Waals surface area contributed by atoms with Gasteiger partial charge in [0, 0.05) is 29.2 Å². The molecule has 0 aliphatic carbocycles. The van der Waals surface area contributed by atoms with Crippen LogP contribution in [-0.4, -0.2) is 9.97 Å². The van der Waals surface area contributed by atoms with Crippen LogP contribution in [0.25, 0.3) is 11.1 Å². The lowest BCUT2D eigenvalue weighted by molar-refractivity contribution is 1.13. The zero-order valence-electron chi connectivity index (χ0n) is 9.56. The Morgan fingerprint density at radius 3 is 2.72 bits per heavy atom. The molecule has 0 atom stereocenters. The number of hydrogen-bond acceptors (Lipinski definition) is 4. The average Bonchev–Trinajstić information content (AvgIpc) is 2.38. The van der Waals surface area contributed by atoms with Gasteiger partial charge in [-0.1, -0.05) is 0 Å². The van der Waals surface area contributed by atoms with Crippen LogP contribution in [-0.2, 0) is 0 Å². The third-order valence-corrected chi connectivity index (χ3v) is 2.51. The van der Waals surface area contributed by atoms with Crippen molar-refractivity contribution in [3.05, 3.63) is 51.7 Å². The molecule has 2 heterocycles. The number of nitrogens with one attached hydrogen (secondary N) is 1. The zero-order chi connectivity index (χ0) is 13.1. The Hall–Kier alpha value is -2.92. The molecule has 0 radical (unpaired) electrons. The van der Waals surface area contributed by atoms with Crippen LogP contribution in [0.2, 0.25) is 0 Å². The van der Waals surface area contributed by atoms with Gasteiger partial charge < -0.3 is 4.98 Å². The third-order valence-electron chi connectivity index (χ3n) is 2.51. The number of hydrogen-bond donors (Lipinski definition) is 1. The fourth-order valence-electron chi connectivity index (χ4n) is 1.73. The first kappa shape index (κ1) is 11.6. The molecule has 1 N–H and O–H groups in total. The monoisotopic (exact) mass is 236 g/mol. The fourth-order valence-corrected chi connectivity index (χ4v) is 1.73. The van der Waals surface area contributed by atoms with Crippen molar-refractivity contribution in [1.29, 1.82) is 10.5 Å². The second kappa shape index (κ2) is 4.52. The van der Waals surface area contributed by atoms with Gasteiger partial charge in [0.05, 0.1) is 5.56 Å². The van der Waals surface area contributed by atoms with Crippen LogP contribution in [0.15, 0.2) is 29.3 Å². The Kier molecular flexibility index (Phi) is 2.90. The SMILES string of the molecule is Cc1cc(-c2ccncc2C#N)c(C#N)c(=O)[nH]1. The van der Waals surface area contributed by atoms with E-state index in [0.717, 1.165) is 0 Å². The zero-order valence-corrected chi connectivity index (χ0v) is 9.56. The van der Waals surface area contributed by atoms with Crippen LogP contribution in [0.1, 0.15) is 16.8 Å². The summed E-state index contributed by atoms with van der Waals surface area (Å²) in [5.41, 5.74) is 1.51. The lowest BCUT2D eigenvalue weighted by Crippen LogP contribution is -2.13. The number of rotatable bonds is 1. The van der Waals surface area contributed by atoms with Crippen molar-refractivity contribution in [1.82, 2.24) is 9.97 Å². The predicted octanol–water partition coefficient (Wildman–Crippen LogP) is 1.49. The minimum Gasteiger partial charge on any atom is -0.325 e. The minimum absolute atomic E-state index is 0.00306. The van der Waals surface area contributed by atoms with E-state index in [2.05, 4.69) is 9.97 Å². The molecule has 0 fully saturated rings. The summed E-state index contributed by atoms with van der Waals surface area (Å²) in [6.45, 7) is 1.72. The molecule has 86 valence electrons. The van der Waals surface area contributed by atoms with Crippen LogP contribution in [0.5, 0.6) is 0 Å². The molecule has 2 aromatic heterocycles. The van der Waals surface area contributed by atoms with E-state index in [0.29, 0.717) is 22.4 Å².